The van der Waals surface area contributed by atoms with Gasteiger partial charge in [0.1, 0.15) is 16.2 Å². The van der Waals surface area contributed by atoms with Gasteiger partial charge in [-0.3, -0.25) is 4.31 Å². The van der Waals surface area contributed by atoms with Gasteiger partial charge >= 0.3 is 5.97 Å². The Labute approximate surface area is 160 Å². The summed E-state index contributed by atoms with van der Waals surface area (Å²) < 4.78 is 40.2. The van der Waals surface area contributed by atoms with Crippen LogP contribution in [0.15, 0.2) is 29.2 Å². The number of carbonyl (C=O) groups excluding carboxylic acids is 1. The van der Waals surface area contributed by atoms with Crippen LogP contribution in [-0.4, -0.2) is 39.2 Å². The Balaban J connectivity index is 2.66. The second-order valence-corrected chi connectivity index (χ2v) is 7.82. The highest BCUT2D eigenvalue weighted by molar-refractivity contribution is 7.93. The summed E-state index contributed by atoms with van der Waals surface area (Å²) in [4.78, 5) is 12.5. The van der Waals surface area contributed by atoms with Crippen LogP contribution < -0.4 is 9.04 Å². The van der Waals surface area contributed by atoms with E-state index in [2.05, 4.69) is 0 Å². The lowest BCUT2D eigenvalue weighted by molar-refractivity contribution is 0.0521. The van der Waals surface area contributed by atoms with Gasteiger partial charge in [0.15, 0.2) is 0 Å². The Morgan fingerprint density at radius 3 is 2.19 bits per heavy atom. The average Bonchev–Trinajstić information content (AvgIpc) is 2.87. The van der Waals surface area contributed by atoms with E-state index in [0.717, 1.165) is 0 Å². The standard InChI is InChI=1S/C19H26N2O5S/c1-7-21(15-9-11-16(25-6)12-10-15)27(23,24)18-14(4)20(5)13(3)17(18)19(22)26-8-2/h9-12H,7-8H2,1-6H3. The molecule has 1 heterocycles. The third kappa shape index (κ3) is 3.66. The molecule has 2 rings (SSSR count). The lowest BCUT2D eigenvalue weighted by Crippen LogP contribution is -2.32. The van der Waals surface area contributed by atoms with Crippen LogP contribution in [0.5, 0.6) is 5.75 Å². The minimum absolute atomic E-state index is 0.0152. The summed E-state index contributed by atoms with van der Waals surface area (Å²) in [5.74, 6) is -0.00536. The first-order chi connectivity index (χ1) is 12.7. The van der Waals surface area contributed by atoms with Crippen molar-refractivity contribution in [3.05, 3.63) is 41.2 Å². The summed E-state index contributed by atoms with van der Waals surface area (Å²) >= 11 is 0. The minimum atomic E-state index is -3.98. The highest BCUT2D eigenvalue weighted by atomic mass is 32.2. The molecule has 0 aliphatic carbocycles. The number of hydrogen-bond donors (Lipinski definition) is 0. The highest BCUT2D eigenvalue weighted by Crippen LogP contribution is 2.32. The molecule has 0 spiro atoms. The van der Waals surface area contributed by atoms with E-state index in [1.165, 1.54) is 4.31 Å². The first-order valence-corrected chi connectivity index (χ1v) is 10.1. The summed E-state index contributed by atoms with van der Waals surface area (Å²) in [5.41, 5.74) is 1.62. The van der Waals surface area contributed by atoms with Gasteiger partial charge in [-0.15, -0.1) is 0 Å². The molecule has 1 aromatic heterocycles. The van der Waals surface area contributed by atoms with Gasteiger partial charge in [-0.1, -0.05) is 0 Å². The van der Waals surface area contributed by atoms with E-state index in [9.17, 15) is 13.2 Å². The first-order valence-electron chi connectivity index (χ1n) is 8.70. The molecular formula is C19H26N2O5S. The maximum absolute atomic E-state index is 13.5. The van der Waals surface area contributed by atoms with E-state index in [1.54, 1.807) is 70.7 Å². The maximum atomic E-state index is 13.5. The number of carbonyl (C=O) groups is 1. The number of anilines is 1. The van der Waals surface area contributed by atoms with Crippen LogP contribution in [0.25, 0.3) is 0 Å². The van der Waals surface area contributed by atoms with Crippen LogP contribution in [0.4, 0.5) is 5.69 Å². The van der Waals surface area contributed by atoms with Gasteiger partial charge in [0, 0.05) is 25.0 Å². The minimum Gasteiger partial charge on any atom is -0.497 e. The number of methoxy groups -OCH3 is 1. The number of esters is 1. The van der Waals surface area contributed by atoms with Gasteiger partial charge < -0.3 is 14.0 Å². The molecule has 27 heavy (non-hydrogen) atoms. The van der Waals surface area contributed by atoms with Crippen LogP contribution in [0.3, 0.4) is 0 Å². The van der Waals surface area contributed by atoms with Crippen molar-refractivity contribution in [2.75, 3.05) is 24.6 Å². The number of nitrogens with zero attached hydrogens (tertiary/aromatic N) is 2. The summed E-state index contributed by atoms with van der Waals surface area (Å²) in [7, 11) is -0.700. The predicted octanol–water partition coefficient (Wildman–Crippen LogP) is 3.04. The molecule has 2 aromatic rings. The molecule has 1 aromatic carbocycles. The van der Waals surface area contributed by atoms with Crippen molar-refractivity contribution in [2.24, 2.45) is 7.05 Å². The molecule has 0 atom stereocenters. The van der Waals surface area contributed by atoms with Crippen LogP contribution >= 0.6 is 0 Å². The topological polar surface area (TPSA) is 77.8 Å². The summed E-state index contributed by atoms with van der Waals surface area (Å²) in [6, 6.07) is 6.75. The number of aromatic nitrogens is 1. The lowest BCUT2D eigenvalue weighted by atomic mass is 10.2. The molecule has 0 N–H and O–H groups in total. The fraction of sp³-hybridized carbons (Fsp3) is 0.421. The highest BCUT2D eigenvalue weighted by Gasteiger charge is 2.35. The average molecular weight is 394 g/mol. The summed E-state index contributed by atoms with van der Waals surface area (Å²) in [5, 5.41) is 0. The molecule has 8 heteroatoms. The zero-order valence-corrected chi connectivity index (χ0v) is 17.4. The van der Waals surface area contributed by atoms with Crippen molar-refractivity contribution in [2.45, 2.75) is 32.6 Å². The van der Waals surface area contributed by atoms with E-state index in [-0.39, 0.29) is 23.6 Å². The Morgan fingerprint density at radius 2 is 1.70 bits per heavy atom. The Kier molecular flexibility index (Phi) is 6.20. The molecule has 0 saturated carbocycles. The SMILES string of the molecule is CCOC(=O)c1c(S(=O)(=O)N(CC)c2ccc(OC)cc2)c(C)n(C)c1C. The van der Waals surface area contributed by atoms with E-state index in [1.807, 2.05) is 0 Å². The van der Waals surface area contributed by atoms with Gasteiger partial charge in [-0.05, 0) is 52.0 Å². The van der Waals surface area contributed by atoms with Gasteiger partial charge in [-0.25, -0.2) is 13.2 Å². The molecule has 7 nitrogen and oxygen atoms in total. The quantitative estimate of drug-likeness (QED) is 0.675. The Morgan fingerprint density at radius 1 is 1.11 bits per heavy atom. The number of rotatable bonds is 7. The molecule has 0 amide bonds. The molecule has 0 aliphatic rings. The summed E-state index contributed by atoms with van der Waals surface area (Å²) in [6.45, 7) is 7.21. The monoisotopic (exact) mass is 394 g/mol. The van der Waals surface area contributed by atoms with Crippen molar-refractivity contribution < 1.29 is 22.7 Å². The molecule has 148 valence electrons. The third-order valence-corrected chi connectivity index (χ3v) is 6.66. The van der Waals surface area contributed by atoms with E-state index in [0.29, 0.717) is 22.8 Å². The normalized spacial score (nSPS) is 11.3. The molecule has 0 radical (unpaired) electrons. The second kappa shape index (κ2) is 8.04. The molecule has 0 fully saturated rings. The predicted molar refractivity (Wildman–Crippen MR) is 104 cm³/mol. The fourth-order valence-corrected chi connectivity index (χ4v) is 4.98. The largest absolute Gasteiger partial charge is 0.497 e. The number of sulfonamides is 1. The van der Waals surface area contributed by atoms with Crippen LogP contribution in [-0.2, 0) is 21.8 Å². The number of ether oxygens (including phenoxy) is 2. The smallest absolute Gasteiger partial charge is 0.341 e. The van der Waals surface area contributed by atoms with Crippen molar-refractivity contribution in [3.63, 3.8) is 0 Å². The van der Waals surface area contributed by atoms with Gasteiger partial charge in [0.2, 0.25) is 0 Å². The van der Waals surface area contributed by atoms with E-state index in [4.69, 9.17) is 9.47 Å². The molecule has 0 saturated heterocycles. The molecule has 0 unspecified atom stereocenters. The van der Waals surface area contributed by atoms with Crippen molar-refractivity contribution in [1.82, 2.24) is 4.57 Å². The summed E-state index contributed by atoms with van der Waals surface area (Å²) in [6.07, 6.45) is 0. The fourth-order valence-electron chi connectivity index (χ4n) is 3.03. The van der Waals surface area contributed by atoms with Gasteiger partial charge in [0.05, 0.1) is 19.4 Å². The first kappa shape index (κ1) is 20.8. The van der Waals surface area contributed by atoms with E-state index < -0.39 is 16.0 Å². The van der Waals surface area contributed by atoms with Crippen molar-refractivity contribution in [1.29, 1.82) is 0 Å². The second-order valence-electron chi connectivity index (χ2n) is 6.02. The Bertz CT molecular complexity index is 930. The van der Waals surface area contributed by atoms with Gasteiger partial charge in [-0.2, -0.15) is 0 Å². The third-order valence-electron chi connectivity index (χ3n) is 4.60. The molecule has 0 aliphatic heterocycles. The number of benzene rings is 1. The lowest BCUT2D eigenvalue weighted by Gasteiger charge is -2.23. The van der Waals surface area contributed by atoms with Gasteiger partial charge in [0.25, 0.3) is 10.0 Å². The zero-order chi connectivity index (χ0) is 20.4. The molecular weight excluding hydrogens is 368 g/mol. The zero-order valence-electron chi connectivity index (χ0n) is 16.6. The van der Waals surface area contributed by atoms with Crippen molar-refractivity contribution in [3.8, 4) is 5.75 Å². The van der Waals surface area contributed by atoms with E-state index >= 15 is 0 Å². The number of hydrogen-bond acceptors (Lipinski definition) is 5. The van der Waals surface area contributed by atoms with Crippen LogP contribution in [0.1, 0.15) is 35.6 Å². The van der Waals surface area contributed by atoms with Crippen molar-refractivity contribution >= 4 is 21.7 Å². The Hall–Kier alpha value is -2.48. The van der Waals surface area contributed by atoms with Crippen LogP contribution in [0.2, 0.25) is 0 Å². The molecule has 0 bridgehead atoms. The van der Waals surface area contributed by atoms with Crippen LogP contribution in [0, 0.1) is 13.8 Å². The maximum Gasteiger partial charge on any atom is 0.341 e.